The van der Waals surface area contributed by atoms with E-state index in [0.717, 1.165) is 12.8 Å². The maximum absolute atomic E-state index is 3.69. The Hall–Kier alpha value is -0.770. The Bertz CT molecular complexity index is 803. The number of hydrogen-bond acceptors (Lipinski definition) is 1. The third-order valence-corrected chi connectivity index (χ3v) is 6.44. The normalized spacial score (nSPS) is 15.5. The van der Waals surface area contributed by atoms with Gasteiger partial charge in [-0.2, -0.15) is 0 Å². The molecule has 0 spiro atoms. The summed E-state index contributed by atoms with van der Waals surface area (Å²) in [6.45, 7) is 0. The molecule has 0 bridgehead atoms. The average molecular weight is 420 g/mol. The van der Waals surface area contributed by atoms with Crippen LogP contribution in [0.25, 0.3) is 8.96 Å². The molecule has 2 aromatic rings. The fourth-order valence-electron chi connectivity index (χ4n) is 2.86. The third-order valence-electron chi connectivity index (χ3n) is 3.92. The van der Waals surface area contributed by atoms with Gasteiger partial charge in [-0.25, -0.2) is 0 Å². The minimum atomic E-state index is 1.03. The highest BCUT2D eigenvalue weighted by Gasteiger charge is 2.18. The summed E-state index contributed by atoms with van der Waals surface area (Å²) in [5.41, 5.74) is 5.51. The zero-order valence-electron chi connectivity index (χ0n) is 11.2. The SMILES string of the molecule is BrC1=CCc2ccc(Sc3cccc4c3C(Br)=CC4)cc21. The molecule has 4 rings (SSSR count). The standard InChI is InChI=1S/C18H12Br2S/c19-15-8-5-11-4-7-13(10-14(11)15)21-17-3-1-2-12-6-9-16(20)18(12)17/h1-4,7-10H,5-6H2. The first kappa shape index (κ1) is 13.9. The molecule has 0 aromatic heterocycles. The Morgan fingerprint density at radius 1 is 0.857 bits per heavy atom. The van der Waals surface area contributed by atoms with Gasteiger partial charge < -0.3 is 0 Å². The molecule has 0 fully saturated rings. The fourth-order valence-corrected chi connectivity index (χ4v) is 5.21. The average Bonchev–Trinajstić information content (AvgIpc) is 3.04. The molecule has 0 atom stereocenters. The van der Waals surface area contributed by atoms with Crippen molar-refractivity contribution < 1.29 is 0 Å². The van der Waals surface area contributed by atoms with E-state index < -0.39 is 0 Å². The van der Waals surface area contributed by atoms with E-state index in [1.807, 2.05) is 11.8 Å². The maximum atomic E-state index is 3.69. The lowest BCUT2D eigenvalue weighted by atomic mass is 10.1. The lowest BCUT2D eigenvalue weighted by Crippen LogP contribution is -1.87. The van der Waals surface area contributed by atoms with Gasteiger partial charge in [0.05, 0.1) is 0 Å². The number of halogens is 2. The van der Waals surface area contributed by atoms with Crippen LogP contribution in [0.15, 0.2) is 58.3 Å². The second-order valence-electron chi connectivity index (χ2n) is 5.22. The van der Waals surface area contributed by atoms with Crippen LogP contribution in [-0.4, -0.2) is 0 Å². The van der Waals surface area contributed by atoms with Gasteiger partial charge in [-0.3, -0.25) is 0 Å². The van der Waals surface area contributed by atoms with Gasteiger partial charge in [-0.15, -0.1) is 0 Å². The van der Waals surface area contributed by atoms with Gasteiger partial charge in [0.15, 0.2) is 0 Å². The van der Waals surface area contributed by atoms with E-state index in [9.17, 15) is 0 Å². The molecule has 0 radical (unpaired) electrons. The molecule has 2 aliphatic rings. The highest BCUT2D eigenvalue weighted by molar-refractivity contribution is 9.15. The van der Waals surface area contributed by atoms with Gasteiger partial charge in [-0.1, -0.05) is 74.0 Å². The van der Waals surface area contributed by atoms with Crippen LogP contribution in [0.1, 0.15) is 22.3 Å². The summed E-state index contributed by atoms with van der Waals surface area (Å²) in [4.78, 5) is 2.62. The van der Waals surface area contributed by atoms with Crippen molar-refractivity contribution in [1.82, 2.24) is 0 Å². The largest absolute Gasteiger partial charge is 0.0894 e. The maximum Gasteiger partial charge on any atom is 0.0225 e. The number of benzene rings is 2. The molecule has 21 heavy (non-hydrogen) atoms. The molecular weight excluding hydrogens is 408 g/mol. The predicted octanol–water partition coefficient (Wildman–Crippen LogP) is 6.42. The predicted molar refractivity (Wildman–Crippen MR) is 98.2 cm³/mol. The molecule has 0 saturated carbocycles. The third kappa shape index (κ3) is 2.45. The summed E-state index contributed by atoms with van der Waals surface area (Å²) >= 11 is 9.19. The van der Waals surface area contributed by atoms with Gasteiger partial charge in [0.2, 0.25) is 0 Å². The summed E-state index contributed by atoms with van der Waals surface area (Å²) in [7, 11) is 0. The van der Waals surface area contributed by atoms with Gasteiger partial charge in [0, 0.05) is 24.3 Å². The quantitative estimate of drug-likeness (QED) is 0.540. The lowest BCUT2D eigenvalue weighted by Gasteiger charge is -2.10. The summed E-state index contributed by atoms with van der Waals surface area (Å²) in [6.07, 6.45) is 6.55. The molecule has 3 heteroatoms. The molecule has 0 nitrogen and oxygen atoms in total. The van der Waals surface area contributed by atoms with Crippen molar-refractivity contribution in [1.29, 1.82) is 0 Å². The van der Waals surface area contributed by atoms with Crippen LogP contribution in [-0.2, 0) is 12.8 Å². The first-order chi connectivity index (χ1) is 10.2. The smallest absolute Gasteiger partial charge is 0.0225 e. The highest BCUT2D eigenvalue weighted by Crippen LogP contribution is 2.42. The van der Waals surface area contributed by atoms with Gasteiger partial charge >= 0.3 is 0 Å². The molecule has 2 aliphatic carbocycles. The molecule has 0 amide bonds. The van der Waals surface area contributed by atoms with E-state index in [2.05, 4.69) is 80.4 Å². The second-order valence-corrected chi connectivity index (χ2v) is 8.05. The van der Waals surface area contributed by atoms with Crippen molar-refractivity contribution >= 4 is 52.6 Å². The summed E-state index contributed by atoms with van der Waals surface area (Å²) in [5.74, 6) is 0. The van der Waals surface area contributed by atoms with Crippen molar-refractivity contribution in [2.75, 3.05) is 0 Å². The molecule has 0 N–H and O–H groups in total. The second kappa shape index (κ2) is 5.45. The topological polar surface area (TPSA) is 0 Å². The zero-order chi connectivity index (χ0) is 14.4. The van der Waals surface area contributed by atoms with Crippen LogP contribution in [0.5, 0.6) is 0 Å². The van der Waals surface area contributed by atoms with E-state index in [1.165, 1.54) is 41.0 Å². The van der Waals surface area contributed by atoms with E-state index in [4.69, 9.17) is 0 Å². The van der Waals surface area contributed by atoms with E-state index in [-0.39, 0.29) is 0 Å². The first-order valence-corrected chi connectivity index (χ1v) is 9.27. The van der Waals surface area contributed by atoms with Crippen LogP contribution >= 0.6 is 43.6 Å². The zero-order valence-corrected chi connectivity index (χ0v) is 15.2. The van der Waals surface area contributed by atoms with Gasteiger partial charge in [0.1, 0.15) is 0 Å². The van der Waals surface area contributed by atoms with Gasteiger partial charge in [-0.05, 0) is 47.7 Å². The number of fused-ring (bicyclic) bond motifs is 2. The Kier molecular flexibility index (Phi) is 3.60. The number of rotatable bonds is 2. The minimum absolute atomic E-state index is 1.03. The minimum Gasteiger partial charge on any atom is -0.0894 e. The van der Waals surface area contributed by atoms with Crippen molar-refractivity contribution in [2.24, 2.45) is 0 Å². The van der Waals surface area contributed by atoms with Crippen molar-refractivity contribution in [3.05, 3.63) is 70.8 Å². The monoisotopic (exact) mass is 418 g/mol. The molecule has 2 aromatic carbocycles. The molecule has 104 valence electrons. The van der Waals surface area contributed by atoms with E-state index >= 15 is 0 Å². The summed E-state index contributed by atoms with van der Waals surface area (Å²) in [6, 6.07) is 13.4. The van der Waals surface area contributed by atoms with Crippen molar-refractivity contribution in [3.63, 3.8) is 0 Å². The number of hydrogen-bond donors (Lipinski definition) is 0. The van der Waals surface area contributed by atoms with Crippen molar-refractivity contribution in [3.8, 4) is 0 Å². The Labute approximate surface area is 145 Å². The Balaban J connectivity index is 1.72. The van der Waals surface area contributed by atoms with E-state index in [0.29, 0.717) is 0 Å². The fraction of sp³-hybridized carbons (Fsp3) is 0.111. The molecule has 0 unspecified atom stereocenters. The molecule has 0 heterocycles. The Morgan fingerprint density at radius 2 is 1.67 bits per heavy atom. The first-order valence-electron chi connectivity index (χ1n) is 6.87. The van der Waals surface area contributed by atoms with Crippen molar-refractivity contribution in [2.45, 2.75) is 22.6 Å². The van der Waals surface area contributed by atoms with Crippen LogP contribution < -0.4 is 0 Å². The Morgan fingerprint density at radius 3 is 2.57 bits per heavy atom. The molecule has 0 aliphatic heterocycles. The summed E-state index contributed by atoms with van der Waals surface area (Å²) < 4.78 is 2.45. The van der Waals surface area contributed by atoms with Gasteiger partial charge in [0.25, 0.3) is 0 Å². The van der Waals surface area contributed by atoms with Crippen LogP contribution in [0.2, 0.25) is 0 Å². The van der Waals surface area contributed by atoms with Crippen LogP contribution in [0.3, 0.4) is 0 Å². The van der Waals surface area contributed by atoms with Crippen LogP contribution in [0, 0.1) is 0 Å². The van der Waals surface area contributed by atoms with Crippen LogP contribution in [0.4, 0.5) is 0 Å². The lowest BCUT2D eigenvalue weighted by molar-refractivity contribution is 1.25. The molecule has 0 saturated heterocycles. The highest BCUT2D eigenvalue weighted by atomic mass is 79.9. The summed E-state index contributed by atoms with van der Waals surface area (Å²) in [5, 5.41) is 0. The van der Waals surface area contributed by atoms with E-state index in [1.54, 1.807) is 0 Å². The number of allylic oxidation sites excluding steroid dienone is 2. The molecular formula is C18H12Br2S.